The molecule has 8 aromatic rings. The van der Waals surface area contributed by atoms with E-state index < -0.39 is 0 Å². The summed E-state index contributed by atoms with van der Waals surface area (Å²) in [5.74, 6) is 0.602. The summed E-state index contributed by atoms with van der Waals surface area (Å²) in [6.45, 7) is 30.3. The van der Waals surface area contributed by atoms with E-state index in [4.69, 9.17) is 9.41 Å². The van der Waals surface area contributed by atoms with Crippen molar-refractivity contribution in [2.75, 3.05) is 11.4 Å². The summed E-state index contributed by atoms with van der Waals surface area (Å²) >= 11 is 0. The lowest BCUT2D eigenvalue weighted by Crippen LogP contribution is -2.20. The monoisotopic (exact) mass is 932 g/mol. The molecule has 0 atom stereocenters. The molecule has 0 saturated heterocycles. The largest absolute Gasteiger partial charge is 0.454 e. The predicted molar refractivity (Wildman–Crippen MR) is 315 cm³/mol. The van der Waals surface area contributed by atoms with Crippen molar-refractivity contribution in [1.29, 1.82) is 0 Å². The van der Waals surface area contributed by atoms with E-state index in [1.165, 1.54) is 32.5 Å². The lowest BCUT2D eigenvalue weighted by Gasteiger charge is -2.30. The molecule has 0 amide bonds. The third-order valence-electron chi connectivity index (χ3n) is 13.5. The molecule has 1 aliphatic heterocycles. The molecule has 0 radical (unpaired) electrons. The number of anilines is 2. The number of aryl methyl sites for hydroxylation is 1. The van der Waals surface area contributed by atoms with Crippen LogP contribution in [0, 0.1) is 6.92 Å². The molecule has 0 fully saturated rings. The van der Waals surface area contributed by atoms with E-state index >= 15 is 0 Å². The Morgan fingerprint density at radius 2 is 1.36 bits per heavy atom. The van der Waals surface area contributed by atoms with Crippen LogP contribution in [0.25, 0.3) is 65.6 Å². The molecular formula is C69H60N2O. The summed E-state index contributed by atoms with van der Waals surface area (Å²) < 4.78 is 7.01. The van der Waals surface area contributed by atoms with Gasteiger partial charge in [0.25, 0.3) is 0 Å². The zero-order valence-corrected chi connectivity index (χ0v) is 41.9. The number of aliphatic imine (C=N–C) groups is 1. The molecule has 1 aliphatic rings. The van der Waals surface area contributed by atoms with Gasteiger partial charge in [-0.15, -0.1) is 0 Å². The van der Waals surface area contributed by atoms with E-state index in [-0.39, 0.29) is 0 Å². The number of furan rings is 1. The molecule has 0 bridgehead atoms. The Kier molecular flexibility index (Phi) is 14.4. The van der Waals surface area contributed by atoms with E-state index in [1.54, 1.807) is 6.08 Å². The molecule has 2 heterocycles. The zero-order valence-electron chi connectivity index (χ0n) is 41.9. The van der Waals surface area contributed by atoms with Crippen LogP contribution in [0.4, 0.5) is 17.1 Å². The van der Waals surface area contributed by atoms with E-state index in [2.05, 4.69) is 179 Å². The van der Waals surface area contributed by atoms with Crippen LogP contribution in [0.3, 0.4) is 0 Å². The first kappa shape index (κ1) is 48.2. The third-order valence-corrected chi connectivity index (χ3v) is 13.5. The van der Waals surface area contributed by atoms with E-state index in [0.717, 1.165) is 83.7 Å². The van der Waals surface area contributed by atoms with Crippen LogP contribution in [0.5, 0.6) is 0 Å². The van der Waals surface area contributed by atoms with Crippen LogP contribution < -0.4 is 4.90 Å². The van der Waals surface area contributed by atoms with Crippen molar-refractivity contribution < 1.29 is 4.42 Å². The van der Waals surface area contributed by atoms with Crippen LogP contribution in [0.1, 0.15) is 48.8 Å². The van der Waals surface area contributed by atoms with Crippen molar-refractivity contribution in [3.63, 3.8) is 0 Å². The van der Waals surface area contributed by atoms with Gasteiger partial charge in [-0.05, 0) is 147 Å². The van der Waals surface area contributed by atoms with Gasteiger partial charge in [-0.25, -0.2) is 4.99 Å². The van der Waals surface area contributed by atoms with Gasteiger partial charge in [-0.1, -0.05) is 209 Å². The number of nitrogens with zero attached hydrogens (tertiary/aromatic N) is 2. The second-order valence-electron chi connectivity index (χ2n) is 18.0. The highest BCUT2D eigenvalue weighted by atomic mass is 16.3. The molecule has 3 heteroatoms. The summed E-state index contributed by atoms with van der Waals surface area (Å²) in [5.41, 5.74) is 15.6. The maximum atomic E-state index is 7.01. The molecule has 1 aromatic heterocycles. The fourth-order valence-corrected chi connectivity index (χ4v) is 10.0. The van der Waals surface area contributed by atoms with Gasteiger partial charge in [0.1, 0.15) is 11.3 Å². The van der Waals surface area contributed by atoms with Crippen molar-refractivity contribution in [1.82, 2.24) is 0 Å². The summed E-state index contributed by atoms with van der Waals surface area (Å²) in [5, 5.41) is 8.03. The number of hydrogen-bond donors (Lipinski definition) is 0. The zero-order chi connectivity index (χ0) is 50.3. The molecule has 0 N–H and O–H groups in total. The van der Waals surface area contributed by atoms with Crippen molar-refractivity contribution in [3.05, 3.63) is 284 Å². The fraction of sp³-hybridized carbons (Fsp3) is 0.0870. The topological polar surface area (TPSA) is 28.7 Å². The second-order valence-corrected chi connectivity index (χ2v) is 18.0. The molecule has 0 aliphatic carbocycles. The number of fused-ring (bicyclic) bond motifs is 8. The fourth-order valence-electron chi connectivity index (χ4n) is 10.0. The Bertz CT molecular complexity index is 3760. The normalized spacial score (nSPS) is 15.0. The van der Waals surface area contributed by atoms with Gasteiger partial charge >= 0.3 is 0 Å². The Morgan fingerprint density at radius 3 is 2.03 bits per heavy atom. The molecular weight excluding hydrogens is 873 g/mol. The Labute approximate surface area is 425 Å². The van der Waals surface area contributed by atoms with E-state index in [1.807, 2.05) is 86.7 Å². The standard InChI is InChI=1S/C69H60N2O/c1-10-15-17-29-46(6)60-43-54-40-39-53(50(14-5)26-11-2)32-25-41-71(64(54)42-47(60)7)65-45-62-58-36-23-21-34-56(58)55-33-20-22-35-57(55)61(62)44-63(65)59-37-24-38-66-67(59)68(70-49(9)52-30-18-16-19-31-52)69(72-66)48(8)51(27-12-3)28-13-4/h10-39,42-45H,2-3,5-6,8,40-41H2,1,4,7,9H3/b15-10-,28-13-,29-17-,32-25-,50-26+,51-27+,53-39+,70-49?. The molecule has 0 unspecified atom stereocenters. The highest BCUT2D eigenvalue weighted by molar-refractivity contribution is 6.27. The van der Waals surface area contributed by atoms with Crippen LogP contribution in [-0.4, -0.2) is 12.3 Å². The minimum absolute atomic E-state index is 0.564. The van der Waals surface area contributed by atoms with Gasteiger partial charge in [-0.2, -0.15) is 0 Å². The highest BCUT2D eigenvalue weighted by Gasteiger charge is 2.27. The van der Waals surface area contributed by atoms with Crippen LogP contribution in [0.2, 0.25) is 0 Å². The lowest BCUT2D eigenvalue weighted by molar-refractivity contribution is 0.601. The second kappa shape index (κ2) is 21.5. The Balaban J connectivity index is 1.42. The molecule has 0 saturated carbocycles. The lowest BCUT2D eigenvalue weighted by atomic mass is 9.89. The van der Waals surface area contributed by atoms with Gasteiger partial charge in [0.05, 0.1) is 5.39 Å². The SMILES string of the molecule is C=C/C=C(\C=C/C)C(=C)c1oc2cccc(-c3cc4c5ccccc5c5ccccc5c4cc3N3C\C=C/C(C(/C=C)=C/C=C)=C\Cc4cc(C(=C)/C=C\C=C/C)c(C)cc43)c2c1N=C(C)c1ccccc1. The summed E-state index contributed by atoms with van der Waals surface area (Å²) in [6.07, 6.45) is 29.2. The van der Waals surface area contributed by atoms with E-state index in [0.29, 0.717) is 29.9 Å². The van der Waals surface area contributed by atoms with Gasteiger partial charge in [0.2, 0.25) is 0 Å². The molecule has 72 heavy (non-hydrogen) atoms. The number of hydrogen-bond acceptors (Lipinski definition) is 3. The maximum absolute atomic E-state index is 7.01. The van der Waals surface area contributed by atoms with Crippen molar-refractivity contribution >= 4 is 77.2 Å². The minimum atomic E-state index is 0.564. The average molecular weight is 933 g/mol. The maximum Gasteiger partial charge on any atom is 0.161 e. The van der Waals surface area contributed by atoms with Crippen molar-refractivity contribution in [2.45, 2.75) is 34.1 Å². The summed E-state index contributed by atoms with van der Waals surface area (Å²) in [7, 11) is 0. The van der Waals surface area contributed by atoms with Gasteiger partial charge < -0.3 is 9.32 Å². The number of benzene rings is 7. The first-order valence-corrected chi connectivity index (χ1v) is 24.6. The smallest absolute Gasteiger partial charge is 0.161 e. The van der Waals surface area contributed by atoms with Crippen molar-refractivity contribution in [2.24, 2.45) is 4.99 Å². The summed E-state index contributed by atoms with van der Waals surface area (Å²) in [6, 6.07) is 43.8. The predicted octanol–water partition coefficient (Wildman–Crippen LogP) is 19.3. The molecule has 7 aromatic carbocycles. The number of allylic oxidation sites excluding steroid dienone is 18. The first-order chi connectivity index (χ1) is 35.2. The Morgan fingerprint density at radius 1 is 0.681 bits per heavy atom. The van der Waals surface area contributed by atoms with Crippen LogP contribution in [0.15, 0.2) is 265 Å². The minimum Gasteiger partial charge on any atom is -0.454 e. The van der Waals surface area contributed by atoms with Gasteiger partial charge in [-0.3, -0.25) is 0 Å². The number of rotatable bonds is 14. The average Bonchev–Trinajstić information content (AvgIpc) is 3.81. The Hall–Kier alpha value is -8.79. The first-order valence-electron chi connectivity index (χ1n) is 24.6. The highest BCUT2D eigenvalue weighted by Crippen LogP contribution is 2.50. The molecule has 9 rings (SSSR count). The third kappa shape index (κ3) is 9.33. The van der Waals surface area contributed by atoms with Gasteiger partial charge in [0.15, 0.2) is 5.76 Å². The molecule has 0 spiro atoms. The quantitative estimate of drug-likeness (QED) is 0.0618. The van der Waals surface area contributed by atoms with Crippen LogP contribution in [-0.2, 0) is 6.42 Å². The van der Waals surface area contributed by atoms with Crippen LogP contribution >= 0.6 is 0 Å². The van der Waals surface area contributed by atoms with E-state index in [9.17, 15) is 0 Å². The van der Waals surface area contributed by atoms with Crippen molar-refractivity contribution in [3.8, 4) is 11.1 Å². The molecule has 352 valence electrons. The van der Waals surface area contributed by atoms with Gasteiger partial charge in [0, 0.05) is 34.8 Å². The molecule has 3 nitrogen and oxygen atoms in total. The summed E-state index contributed by atoms with van der Waals surface area (Å²) in [4.78, 5) is 8.02.